The zero-order valence-corrected chi connectivity index (χ0v) is 15.0. The van der Waals surface area contributed by atoms with Crippen LogP contribution in [0.25, 0.3) is 0 Å². The molecule has 0 atom stereocenters. The number of carbonyl (C=O) groups is 1. The number of benzene rings is 2. The van der Waals surface area contributed by atoms with Gasteiger partial charge in [0.1, 0.15) is 11.4 Å². The summed E-state index contributed by atoms with van der Waals surface area (Å²) in [5.74, 6) is 0.820. The zero-order valence-electron chi connectivity index (χ0n) is 15.0. The Labute approximate surface area is 149 Å². The van der Waals surface area contributed by atoms with Gasteiger partial charge in [0.05, 0.1) is 18.8 Å². The van der Waals surface area contributed by atoms with E-state index >= 15 is 0 Å². The Hall–Kier alpha value is -2.69. The van der Waals surface area contributed by atoms with E-state index in [1.54, 1.807) is 4.90 Å². The van der Waals surface area contributed by atoms with Crippen LogP contribution in [0.3, 0.4) is 0 Å². The van der Waals surface area contributed by atoms with Crippen LogP contribution in [-0.4, -0.2) is 31.1 Å². The molecule has 1 aliphatic heterocycles. The molecule has 5 heteroatoms. The van der Waals surface area contributed by atoms with E-state index in [0.29, 0.717) is 18.8 Å². The second-order valence-electron chi connectivity index (χ2n) is 6.92. The Morgan fingerprint density at radius 3 is 2.64 bits per heavy atom. The first-order valence-electron chi connectivity index (χ1n) is 8.58. The molecule has 0 spiro atoms. The van der Waals surface area contributed by atoms with Crippen LogP contribution in [0.2, 0.25) is 0 Å². The van der Waals surface area contributed by atoms with Crippen LogP contribution < -0.4 is 20.3 Å². The number of hydrogen-bond donors (Lipinski definition) is 1. The molecule has 1 amide bonds. The molecule has 2 aromatic carbocycles. The molecule has 0 saturated carbocycles. The SMILES string of the molecule is CCN(C(=O)CN1CC(C)(C)Oc2ccc(N)cc21)c1ccccc1. The highest BCUT2D eigenvalue weighted by molar-refractivity contribution is 5.96. The number of fused-ring (bicyclic) bond motifs is 1. The van der Waals surface area contributed by atoms with Crippen molar-refractivity contribution in [1.29, 1.82) is 0 Å². The Balaban J connectivity index is 1.86. The van der Waals surface area contributed by atoms with E-state index in [9.17, 15) is 4.79 Å². The zero-order chi connectivity index (χ0) is 18.0. The average Bonchev–Trinajstić information content (AvgIpc) is 2.56. The number of anilines is 3. The monoisotopic (exact) mass is 339 g/mol. The van der Waals surface area contributed by atoms with Crippen LogP contribution >= 0.6 is 0 Å². The number of hydrogen-bond acceptors (Lipinski definition) is 4. The average molecular weight is 339 g/mol. The number of rotatable bonds is 4. The second-order valence-corrected chi connectivity index (χ2v) is 6.92. The maximum absolute atomic E-state index is 13.0. The fraction of sp³-hybridized carbons (Fsp3) is 0.350. The Bertz CT molecular complexity index is 759. The van der Waals surface area contributed by atoms with E-state index in [4.69, 9.17) is 10.5 Å². The number of para-hydroxylation sites is 1. The standard InChI is InChI=1S/C20H25N3O2/c1-4-23(16-8-6-5-7-9-16)19(24)13-22-14-20(2,3)25-18-11-10-15(21)12-17(18)22/h5-12H,4,13-14,21H2,1-3H3. The van der Waals surface area contributed by atoms with Crippen molar-refractivity contribution in [2.75, 3.05) is 35.2 Å². The third kappa shape index (κ3) is 3.71. The van der Waals surface area contributed by atoms with Crippen molar-refractivity contribution in [3.63, 3.8) is 0 Å². The lowest BCUT2D eigenvalue weighted by atomic mass is 10.0. The van der Waals surface area contributed by atoms with Crippen LogP contribution in [0.5, 0.6) is 5.75 Å². The molecule has 1 heterocycles. The van der Waals surface area contributed by atoms with Gasteiger partial charge < -0.3 is 20.3 Å². The van der Waals surface area contributed by atoms with Crippen molar-refractivity contribution in [3.8, 4) is 5.75 Å². The maximum atomic E-state index is 13.0. The van der Waals surface area contributed by atoms with Gasteiger partial charge in [-0.25, -0.2) is 0 Å². The van der Waals surface area contributed by atoms with Crippen molar-refractivity contribution in [2.24, 2.45) is 0 Å². The molecule has 1 aliphatic rings. The number of amides is 1. The first-order valence-corrected chi connectivity index (χ1v) is 8.58. The lowest BCUT2D eigenvalue weighted by Gasteiger charge is -2.41. The first kappa shape index (κ1) is 17.1. The molecule has 0 radical (unpaired) electrons. The Kier molecular flexibility index (Phi) is 4.57. The van der Waals surface area contributed by atoms with Crippen LogP contribution in [0.1, 0.15) is 20.8 Å². The topological polar surface area (TPSA) is 58.8 Å². The number of nitrogen functional groups attached to an aromatic ring is 1. The largest absolute Gasteiger partial charge is 0.484 e. The van der Waals surface area contributed by atoms with Crippen LogP contribution in [0, 0.1) is 0 Å². The van der Waals surface area contributed by atoms with Gasteiger partial charge in [-0.1, -0.05) is 18.2 Å². The summed E-state index contributed by atoms with van der Waals surface area (Å²) in [6.07, 6.45) is 0. The molecule has 5 nitrogen and oxygen atoms in total. The predicted octanol–water partition coefficient (Wildman–Crippen LogP) is 3.30. The summed E-state index contributed by atoms with van der Waals surface area (Å²) >= 11 is 0. The number of ether oxygens (including phenoxy) is 1. The van der Waals surface area contributed by atoms with Crippen molar-refractivity contribution >= 4 is 23.0 Å². The fourth-order valence-corrected chi connectivity index (χ4v) is 3.24. The van der Waals surface area contributed by atoms with Crippen molar-refractivity contribution in [3.05, 3.63) is 48.5 Å². The summed E-state index contributed by atoms with van der Waals surface area (Å²) in [5.41, 5.74) is 8.02. The van der Waals surface area contributed by atoms with Gasteiger partial charge in [-0.2, -0.15) is 0 Å². The number of nitrogens with two attached hydrogens (primary N) is 1. The van der Waals surface area contributed by atoms with Gasteiger partial charge >= 0.3 is 0 Å². The van der Waals surface area contributed by atoms with E-state index in [0.717, 1.165) is 17.1 Å². The molecule has 3 rings (SSSR count). The van der Waals surface area contributed by atoms with E-state index in [1.165, 1.54) is 0 Å². The van der Waals surface area contributed by atoms with E-state index in [1.807, 2.05) is 69.3 Å². The summed E-state index contributed by atoms with van der Waals surface area (Å²) in [4.78, 5) is 16.8. The van der Waals surface area contributed by atoms with Gasteiger partial charge in [0.25, 0.3) is 0 Å². The van der Waals surface area contributed by atoms with Crippen LogP contribution in [0.4, 0.5) is 17.1 Å². The molecule has 25 heavy (non-hydrogen) atoms. The van der Waals surface area contributed by atoms with Gasteiger partial charge in [0, 0.05) is 17.9 Å². The Morgan fingerprint density at radius 2 is 1.96 bits per heavy atom. The quantitative estimate of drug-likeness (QED) is 0.868. The number of likely N-dealkylation sites (N-methyl/N-ethyl adjacent to an activating group) is 1. The fourth-order valence-electron chi connectivity index (χ4n) is 3.24. The lowest BCUT2D eigenvalue weighted by Crippen LogP contribution is -2.50. The van der Waals surface area contributed by atoms with Crippen LogP contribution in [-0.2, 0) is 4.79 Å². The minimum absolute atomic E-state index is 0.0553. The van der Waals surface area contributed by atoms with Gasteiger partial charge in [-0.15, -0.1) is 0 Å². The molecule has 2 N–H and O–H groups in total. The lowest BCUT2D eigenvalue weighted by molar-refractivity contribution is -0.117. The molecule has 2 aromatic rings. The molecule has 0 saturated heterocycles. The van der Waals surface area contributed by atoms with Crippen molar-refractivity contribution < 1.29 is 9.53 Å². The van der Waals surface area contributed by atoms with E-state index in [-0.39, 0.29) is 18.1 Å². The summed E-state index contributed by atoms with van der Waals surface area (Å²) in [6.45, 7) is 7.57. The van der Waals surface area contributed by atoms with Gasteiger partial charge in [-0.3, -0.25) is 4.79 Å². The number of nitrogens with zero attached hydrogens (tertiary/aromatic N) is 2. The highest BCUT2D eigenvalue weighted by Gasteiger charge is 2.33. The van der Waals surface area contributed by atoms with Gasteiger partial charge in [-0.05, 0) is 51.1 Å². The van der Waals surface area contributed by atoms with Crippen molar-refractivity contribution in [2.45, 2.75) is 26.4 Å². The highest BCUT2D eigenvalue weighted by atomic mass is 16.5. The molecule has 0 fully saturated rings. The van der Waals surface area contributed by atoms with Crippen LogP contribution in [0.15, 0.2) is 48.5 Å². The summed E-state index contributed by atoms with van der Waals surface area (Å²) in [7, 11) is 0. The van der Waals surface area contributed by atoms with Gasteiger partial charge in [0.15, 0.2) is 0 Å². The summed E-state index contributed by atoms with van der Waals surface area (Å²) in [6, 6.07) is 15.3. The third-order valence-electron chi connectivity index (χ3n) is 4.29. The molecular weight excluding hydrogens is 314 g/mol. The third-order valence-corrected chi connectivity index (χ3v) is 4.29. The van der Waals surface area contributed by atoms with Crippen molar-refractivity contribution in [1.82, 2.24) is 0 Å². The normalized spacial score (nSPS) is 15.2. The molecule has 0 bridgehead atoms. The number of carbonyl (C=O) groups excluding carboxylic acids is 1. The summed E-state index contributed by atoms with van der Waals surface area (Å²) in [5, 5.41) is 0. The molecular formula is C20H25N3O2. The molecule has 0 aromatic heterocycles. The highest BCUT2D eigenvalue weighted by Crippen LogP contribution is 2.38. The second kappa shape index (κ2) is 6.67. The van der Waals surface area contributed by atoms with E-state index < -0.39 is 0 Å². The van der Waals surface area contributed by atoms with Gasteiger partial charge in [0.2, 0.25) is 5.91 Å². The first-order chi connectivity index (χ1) is 11.9. The molecule has 132 valence electrons. The van der Waals surface area contributed by atoms with E-state index in [2.05, 4.69) is 4.90 Å². The maximum Gasteiger partial charge on any atom is 0.246 e. The minimum atomic E-state index is -0.368. The molecule has 0 aliphatic carbocycles. The summed E-state index contributed by atoms with van der Waals surface area (Å²) < 4.78 is 6.04. The smallest absolute Gasteiger partial charge is 0.246 e. The minimum Gasteiger partial charge on any atom is -0.484 e. The predicted molar refractivity (Wildman–Crippen MR) is 102 cm³/mol. The Morgan fingerprint density at radius 1 is 1.24 bits per heavy atom. The molecule has 0 unspecified atom stereocenters.